The van der Waals surface area contributed by atoms with Crippen molar-refractivity contribution in [3.05, 3.63) is 24.4 Å². The van der Waals surface area contributed by atoms with Crippen molar-refractivity contribution in [2.75, 3.05) is 32.5 Å². The molecular formula is C19H28N4O2. The van der Waals surface area contributed by atoms with E-state index in [-0.39, 0.29) is 17.9 Å². The molecule has 1 saturated carbocycles. The van der Waals surface area contributed by atoms with Gasteiger partial charge in [-0.25, -0.2) is 4.98 Å². The Morgan fingerprint density at radius 2 is 2.20 bits per heavy atom. The van der Waals surface area contributed by atoms with E-state index >= 15 is 0 Å². The van der Waals surface area contributed by atoms with Crippen molar-refractivity contribution in [1.82, 2.24) is 14.8 Å². The maximum absolute atomic E-state index is 13.2. The number of fused-ring (bicyclic) bond motifs is 1. The van der Waals surface area contributed by atoms with Gasteiger partial charge in [0.1, 0.15) is 5.82 Å². The SMILES string of the molecule is CN(C)CCN1C(=O)CC[C@]2(C(=O)Nc3ccccn3)CCCC[C@@H]12. The van der Waals surface area contributed by atoms with E-state index in [0.29, 0.717) is 25.2 Å². The van der Waals surface area contributed by atoms with E-state index in [4.69, 9.17) is 0 Å². The third-order valence-electron chi connectivity index (χ3n) is 5.62. The van der Waals surface area contributed by atoms with Crippen LogP contribution in [0.3, 0.4) is 0 Å². The fourth-order valence-electron chi connectivity index (χ4n) is 4.26. The Balaban J connectivity index is 1.82. The molecule has 25 heavy (non-hydrogen) atoms. The number of anilines is 1. The number of piperidine rings is 1. The average Bonchev–Trinajstić information content (AvgIpc) is 2.61. The summed E-state index contributed by atoms with van der Waals surface area (Å²) in [5.41, 5.74) is -0.476. The number of amides is 2. The van der Waals surface area contributed by atoms with Crippen molar-refractivity contribution in [2.45, 2.75) is 44.6 Å². The molecule has 0 radical (unpaired) electrons. The van der Waals surface area contributed by atoms with Crippen molar-refractivity contribution < 1.29 is 9.59 Å². The molecule has 2 amide bonds. The topological polar surface area (TPSA) is 65.5 Å². The molecule has 0 aromatic carbocycles. The largest absolute Gasteiger partial charge is 0.337 e. The lowest BCUT2D eigenvalue weighted by Crippen LogP contribution is -2.61. The Labute approximate surface area is 149 Å². The first-order valence-corrected chi connectivity index (χ1v) is 9.20. The Kier molecular flexibility index (Phi) is 5.37. The van der Waals surface area contributed by atoms with Gasteiger partial charge in [0.25, 0.3) is 0 Å². The summed E-state index contributed by atoms with van der Waals surface area (Å²) in [5.74, 6) is 0.802. The number of hydrogen-bond donors (Lipinski definition) is 1. The number of likely N-dealkylation sites (N-methyl/N-ethyl adjacent to an activating group) is 1. The summed E-state index contributed by atoms with van der Waals surface area (Å²) in [5, 5.41) is 3.00. The monoisotopic (exact) mass is 344 g/mol. The number of nitrogens with one attached hydrogen (secondary N) is 1. The highest BCUT2D eigenvalue weighted by atomic mass is 16.2. The van der Waals surface area contributed by atoms with E-state index in [2.05, 4.69) is 15.2 Å². The number of carbonyl (C=O) groups excluding carboxylic acids is 2. The van der Waals surface area contributed by atoms with Crippen LogP contribution in [0.4, 0.5) is 5.82 Å². The van der Waals surface area contributed by atoms with Gasteiger partial charge in [-0.15, -0.1) is 0 Å². The first kappa shape index (κ1) is 17.9. The zero-order chi connectivity index (χ0) is 17.9. The number of rotatable bonds is 5. The van der Waals surface area contributed by atoms with Gasteiger partial charge >= 0.3 is 0 Å². The number of hydrogen-bond acceptors (Lipinski definition) is 4. The highest BCUT2D eigenvalue weighted by molar-refractivity contribution is 5.96. The van der Waals surface area contributed by atoms with E-state index in [9.17, 15) is 9.59 Å². The van der Waals surface area contributed by atoms with Gasteiger partial charge in [-0.2, -0.15) is 0 Å². The minimum absolute atomic E-state index is 0.00571. The standard InChI is InChI=1S/C19H28N4O2/c1-22(2)13-14-23-15-7-3-5-10-19(15,11-9-17(23)24)18(25)21-16-8-4-6-12-20-16/h4,6,8,12,15H,3,5,7,9-11,13-14H2,1-2H3,(H,20,21,25)/t15-,19-/m1/s1. The Morgan fingerprint density at radius 1 is 1.36 bits per heavy atom. The molecule has 3 rings (SSSR count). The van der Waals surface area contributed by atoms with Gasteiger partial charge in [-0.05, 0) is 45.5 Å². The first-order chi connectivity index (χ1) is 12.0. The van der Waals surface area contributed by atoms with Crippen LogP contribution >= 0.6 is 0 Å². The Bertz CT molecular complexity index is 619. The molecule has 0 bridgehead atoms. The summed E-state index contributed by atoms with van der Waals surface area (Å²) in [6.45, 7) is 1.51. The molecule has 1 aliphatic heterocycles. The lowest BCUT2D eigenvalue weighted by atomic mass is 9.64. The summed E-state index contributed by atoms with van der Waals surface area (Å²) in [7, 11) is 4.02. The number of nitrogens with zero attached hydrogens (tertiary/aromatic N) is 3. The lowest BCUT2D eigenvalue weighted by molar-refractivity contribution is -0.152. The first-order valence-electron chi connectivity index (χ1n) is 9.20. The second-order valence-electron chi connectivity index (χ2n) is 7.48. The minimum Gasteiger partial charge on any atom is -0.337 e. The van der Waals surface area contributed by atoms with Crippen LogP contribution in [0.25, 0.3) is 0 Å². The predicted molar refractivity (Wildman–Crippen MR) is 97.1 cm³/mol. The summed E-state index contributed by atoms with van der Waals surface area (Å²) in [6, 6.07) is 5.52. The average molecular weight is 344 g/mol. The summed E-state index contributed by atoms with van der Waals surface area (Å²) in [4.78, 5) is 34.0. The molecule has 0 spiro atoms. The van der Waals surface area contributed by atoms with E-state index in [0.717, 1.165) is 32.2 Å². The molecule has 1 aromatic heterocycles. The third kappa shape index (κ3) is 3.68. The van der Waals surface area contributed by atoms with Gasteiger partial charge in [-0.3, -0.25) is 9.59 Å². The van der Waals surface area contributed by atoms with Crippen molar-refractivity contribution in [3.63, 3.8) is 0 Å². The fourth-order valence-corrected chi connectivity index (χ4v) is 4.26. The van der Waals surface area contributed by atoms with Crippen LogP contribution in [-0.2, 0) is 9.59 Å². The normalized spacial score (nSPS) is 26.4. The van der Waals surface area contributed by atoms with Gasteiger partial charge < -0.3 is 15.1 Å². The summed E-state index contributed by atoms with van der Waals surface area (Å²) < 4.78 is 0. The molecule has 6 nitrogen and oxygen atoms in total. The van der Waals surface area contributed by atoms with E-state index in [1.165, 1.54) is 0 Å². The molecule has 2 aliphatic rings. The van der Waals surface area contributed by atoms with Crippen molar-refractivity contribution in [1.29, 1.82) is 0 Å². The number of carbonyl (C=O) groups is 2. The molecule has 6 heteroatoms. The molecule has 2 fully saturated rings. The van der Waals surface area contributed by atoms with Crippen LogP contribution in [0.2, 0.25) is 0 Å². The van der Waals surface area contributed by atoms with Gasteiger partial charge in [0, 0.05) is 31.7 Å². The third-order valence-corrected chi connectivity index (χ3v) is 5.62. The van der Waals surface area contributed by atoms with Gasteiger partial charge in [0.05, 0.1) is 5.41 Å². The molecule has 1 aromatic rings. The highest BCUT2D eigenvalue weighted by Gasteiger charge is 2.53. The molecule has 1 aliphatic carbocycles. The maximum atomic E-state index is 13.2. The van der Waals surface area contributed by atoms with Crippen LogP contribution < -0.4 is 5.32 Å². The van der Waals surface area contributed by atoms with Crippen molar-refractivity contribution in [2.24, 2.45) is 5.41 Å². The van der Waals surface area contributed by atoms with Crippen LogP contribution in [0.1, 0.15) is 38.5 Å². The molecular weight excluding hydrogens is 316 g/mol. The Hall–Kier alpha value is -1.95. The number of aromatic nitrogens is 1. The van der Waals surface area contributed by atoms with Crippen LogP contribution in [-0.4, -0.2) is 59.8 Å². The Morgan fingerprint density at radius 3 is 2.92 bits per heavy atom. The predicted octanol–water partition coefficient (Wildman–Crippen LogP) is 2.13. The smallest absolute Gasteiger partial charge is 0.233 e. The van der Waals surface area contributed by atoms with Gasteiger partial charge in [-0.1, -0.05) is 18.9 Å². The van der Waals surface area contributed by atoms with Crippen LogP contribution in [0.5, 0.6) is 0 Å². The van der Waals surface area contributed by atoms with Gasteiger partial charge in [0.2, 0.25) is 11.8 Å². The van der Waals surface area contributed by atoms with Gasteiger partial charge in [0.15, 0.2) is 0 Å². The fraction of sp³-hybridized carbons (Fsp3) is 0.632. The van der Waals surface area contributed by atoms with E-state index < -0.39 is 5.41 Å². The highest BCUT2D eigenvalue weighted by Crippen LogP contribution is 2.47. The summed E-state index contributed by atoms with van der Waals surface area (Å²) in [6.07, 6.45) is 6.67. The van der Waals surface area contributed by atoms with Crippen LogP contribution in [0.15, 0.2) is 24.4 Å². The maximum Gasteiger partial charge on any atom is 0.233 e. The molecule has 1 N–H and O–H groups in total. The quantitative estimate of drug-likeness (QED) is 0.889. The zero-order valence-corrected chi connectivity index (χ0v) is 15.2. The van der Waals surface area contributed by atoms with Crippen molar-refractivity contribution >= 4 is 17.6 Å². The molecule has 136 valence electrons. The zero-order valence-electron chi connectivity index (χ0n) is 15.2. The van der Waals surface area contributed by atoms with E-state index in [1.807, 2.05) is 37.2 Å². The number of likely N-dealkylation sites (tertiary alicyclic amines) is 1. The minimum atomic E-state index is -0.476. The molecule has 2 heterocycles. The van der Waals surface area contributed by atoms with Crippen LogP contribution in [0, 0.1) is 5.41 Å². The van der Waals surface area contributed by atoms with E-state index in [1.54, 1.807) is 6.20 Å². The molecule has 2 atom stereocenters. The number of pyridine rings is 1. The lowest BCUT2D eigenvalue weighted by Gasteiger charge is -2.51. The van der Waals surface area contributed by atoms with Crippen molar-refractivity contribution in [3.8, 4) is 0 Å². The summed E-state index contributed by atoms with van der Waals surface area (Å²) >= 11 is 0. The second kappa shape index (κ2) is 7.52. The molecule has 1 saturated heterocycles. The second-order valence-corrected chi connectivity index (χ2v) is 7.48. The molecule has 0 unspecified atom stereocenters.